The standard InChI is InChI=1S/C30H49N3.2BrH.Co/c1-9-23-15-25(11-3)29(26(12-4)16-23)32-21(7)19-31-20-22(8)33-30-27(13-5)17-24(10-2)18-28(30)14-6;;;/h15-18,21-22,31-33H,9-14,19-20H2,1-8H3;2*1H;/q;;;+2/p-2. The van der Waals surface area contributed by atoms with E-state index in [0.717, 1.165) is 51.6 Å². The van der Waals surface area contributed by atoms with Gasteiger partial charge in [0.1, 0.15) is 0 Å². The van der Waals surface area contributed by atoms with Crippen molar-refractivity contribution >= 4 is 11.4 Å². The van der Waals surface area contributed by atoms with Gasteiger partial charge in [-0.15, -0.1) is 0 Å². The molecule has 0 fully saturated rings. The summed E-state index contributed by atoms with van der Waals surface area (Å²) in [5.74, 6) is 0. The Labute approximate surface area is 253 Å². The quantitative estimate of drug-likeness (QED) is 0.281. The van der Waals surface area contributed by atoms with Gasteiger partial charge in [0.05, 0.1) is 0 Å². The van der Waals surface area contributed by atoms with E-state index in [0.29, 0.717) is 12.1 Å². The summed E-state index contributed by atoms with van der Waals surface area (Å²) in [6.07, 6.45) is 6.48. The summed E-state index contributed by atoms with van der Waals surface area (Å²) in [7, 11) is 0. The van der Waals surface area contributed by atoms with E-state index in [1.165, 1.54) is 44.8 Å². The number of nitrogens with one attached hydrogen (secondary N) is 3. The predicted molar refractivity (Wildman–Crippen MR) is 148 cm³/mol. The van der Waals surface area contributed by atoms with Crippen molar-refractivity contribution in [3.63, 3.8) is 0 Å². The van der Waals surface area contributed by atoms with Crippen LogP contribution in [-0.2, 0) is 55.3 Å². The first-order valence-electron chi connectivity index (χ1n) is 13.4. The van der Waals surface area contributed by atoms with Crippen molar-refractivity contribution in [3.05, 3.63) is 57.6 Å². The van der Waals surface area contributed by atoms with Crippen LogP contribution < -0.4 is 49.9 Å². The summed E-state index contributed by atoms with van der Waals surface area (Å²) in [5, 5.41) is 11.3. The number of rotatable bonds is 14. The molecule has 36 heavy (non-hydrogen) atoms. The summed E-state index contributed by atoms with van der Waals surface area (Å²) >= 11 is 0. The molecule has 0 saturated carbocycles. The minimum atomic E-state index is 0. The smallest absolute Gasteiger partial charge is 1.00 e. The zero-order valence-corrected chi connectivity index (χ0v) is 27.9. The Bertz CT molecular complexity index is 767. The second-order valence-corrected chi connectivity index (χ2v) is 9.45. The van der Waals surface area contributed by atoms with E-state index in [9.17, 15) is 0 Å². The average molecular weight is 670 g/mol. The van der Waals surface area contributed by atoms with Crippen molar-refractivity contribution in [2.24, 2.45) is 0 Å². The zero-order chi connectivity index (χ0) is 24.4. The Morgan fingerprint density at radius 1 is 0.528 bits per heavy atom. The van der Waals surface area contributed by atoms with Crippen molar-refractivity contribution in [2.75, 3.05) is 23.7 Å². The van der Waals surface area contributed by atoms with Gasteiger partial charge in [-0.25, -0.2) is 0 Å². The number of hydrogen-bond acceptors (Lipinski definition) is 3. The normalized spacial score (nSPS) is 12.0. The molecule has 0 saturated heterocycles. The summed E-state index contributed by atoms with van der Waals surface area (Å²) < 4.78 is 0. The summed E-state index contributed by atoms with van der Waals surface area (Å²) in [6, 6.07) is 10.3. The molecule has 2 unspecified atom stereocenters. The van der Waals surface area contributed by atoms with Crippen molar-refractivity contribution in [1.82, 2.24) is 5.32 Å². The Kier molecular flexibility index (Phi) is 20.4. The molecule has 3 nitrogen and oxygen atoms in total. The Balaban J connectivity index is 0. The number of aryl methyl sites for hydroxylation is 6. The molecule has 2 aromatic carbocycles. The second-order valence-electron chi connectivity index (χ2n) is 9.45. The first-order chi connectivity index (χ1) is 15.9. The van der Waals surface area contributed by atoms with Crippen LogP contribution in [-0.4, -0.2) is 25.2 Å². The van der Waals surface area contributed by atoms with Crippen molar-refractivity contribution < 1.29 is 50.7 Å². The van der Waals surface area contributed by atoms with Gasteiger partial charge in [0.2, 0.25) is 0 Å². The van der Waals surface area contributed by atoms with Gasteiger partial charge in [0, 0.05) is 36.5 Å². The van der Waals surface area contributed by atoms with Gasteiger partial charge >= 0.3 is 16.8 Å². The van der Waals surface area contributed by atoms with Gasteiger partial charge in [-0.2, -0.15) is 0 Å². The fourth-order valence-electron chi connectivity index (χ4n) is 4.69. The fourth-order valence-corrected chi connectivity index (χ4v) is 4.69. The minimum absolute atomic E-state index is 0. The van der Waals surface area contributed by atoms with Crippen LogP contribution in [0, 0.1) is 0 Å². The summed E-state index contributed by atoms with van der Waals surface area (Å²) in [5.41, 5.74) is 11.4. The molecule has 2 atom stereocenters. The van der Waals surface area contributed by atoms with E-state index in [1.807, 2.05) is 0 Å². The predicted octanol–water partition coefficient (Wildman–Crippen LogP) is 0.957. The first-order valence-corrected chi connectivity index (χ1v) is 13.4. The molecule has 1 radical (unpaired) electrons. The molecule has 0 aromatic heterocycles. The molecule has 2 rings (SSSR count). The topological polar surface area (TPSA) is 36.1 Å². The van der Waals surface area contributed by atoms with Crippen LogP contribution in [0.2, 0.25) is 0 Å². The molecule has 0 heterocycles. The molecule has 0 aliphatic heterocycles. The molecular formula is C30H49Br2CoN3. The Morgan fingerprint density at radius 2 is 0.806 bits per heavy atom. The van der Waals surface area contributed by atoms with Crippen molar-refractivity contribution in [2.45, 2.75) is 106 Å². The van der Waals surface area contributed by atoms with E-state index in [2.05, 4.69) is 95.6 Å². The molecule has 0 aliphatic carbocycles. The minimum Gasteiger partial charge on any atom is -1.00 e. The molecule has 0 amide bonds. The third-order valence-corrected chi connectivity index (χ3v) is 6.75. The third kappa shape index (κ3) is 10.7. The SMILES string of the molecule is CCc1cc(CC)c(NC(C)CNCC(C)Nc2c(CC)cc(CC)cc2CC)c(CC)c1.[Br-].[Br-].[Co+2]. The first kappa shape index (κ1) is 37.6. The average Bonchev–Trinajstić information content (AvgIpc) is 2.83. The fraction of sp³-hybridized carbons (Fsp3) is 0.600. The van der Waals surface area contributed by atoms with E-state index < -0.39 is 0 Å². The van der Waals surface area contributed by atoms with Crippen molar-refractivity contribution in [3.8, 4) is 0 Å². The zero-order valence-electron chi connectivity index (χ0n) is 23.7. The van der Waals surface area contributed by atoms with Crippen LogP contribution >= 0.6 is 0 Å². The Hall–Kier alpha value is -0.534. The molecule has 0 aliphatic rings. The molecule has 0 spiro atoms. The molecular weight excluding hydrogens is 621 g/mol. The van der Waals surface area contributed by atoms with Crippen LogP contribution in [0.4, 0.5) is 11.4 Å². The maximum absolute atomic E-state index is 3.82. The molecule has 3 N–H and O–H groups in total. The van der Waals surface area contributed by atoms with E-state index in [4.69, 9.17) is 0 Å². The number of hydrogen-bond donors (Lipinski definition) is 3. The Morgan fingerprint density at radius 3 is 1.03 bits per heavy atom. The van der Waals surface area contributed by atoms with E-state index >= 15 is 0 Å². The van der Waals surface area contributed by atoms with Crippen molar-refractivity contribution in [1.29, 1.82) is 0 Å². The summed E-state index contributed by atoms with van der Waals surface area (Å²) in [6.45, 7) is 20.0. The second kappa shape index (κ2) is 19.5. The van der Waals surface area contributed by atoms with Crippen LogP contribution in [0.5, 0.6) is 0 Å². The largest absolute Gasteiger partial charge is 2.00 e. The van der Waals surface area contributed by atoms with Gasteiger partial charge in [-0.1, -0.05) is 65.8 Å². The summed E-state index contributed by atoms with van der Waals surface area (Å²) in [4.78, 5) is 0. The maximum Gasteiger partial charge on any atom is 2.00 e. The van der Waals surface area contributed by atoms with Gasteiger partial charge in [0.25, 0.3) is 0 Å². The van der Waals surface area contributed by atoms with Gasteiger partial charge in [0.15, 0.2) is 0 Å². The number of benzene rings is 2. The van der Waals surface area contributed by atoms with Crippen LogP contribution in [0.15, 0.2) is 24.3 Å². The maximum atomic E-state index is 3.82. The van der Waals surface area contributed by atoms with Crippen LogP contribution in [0.1, 0.15) is 88.8 Å². The molecule has 207 valence electrons. The third-order valence-electron chi connectivity index (χ3n) is 6.75. The number of anilines is 2. The number of halogens is 2. The van der Waals surface area contributed by atoms with Gasteiger partial charge in [-0.05, 0) is 85.8 Å². The van der Waals surface area contributed by atoms with Gasteiger partial charge in [-0.3, -0.25) is 0 Å². The van der Waals surface area contributed by atoms with E-state index in [1.54, 1.807) is 0 Å². The van der Waals surface area contributed by atoms with Crippen LogP contribution in [0.3, 0.4) is 0 Å². The van der Waals surface area contributed by atoms with Gasteiger partial charge < -0.3 is 49.9 Å². The molecule has 2 aromatic rings. The van der Waals surface area contributed by atoms with Crippen LogP contribution in [0.25, 0.3) is 0 Å². The monoisotopic (exact) mass is 668 g/mol. The molecule has 0 bridgehead atoms. The molecule has 6 heteroatoms. The van der Waals surface area contributed by atoms with E-state index in [-0.39, 0.29) is 50.7 Å².